The van der Waals surface area contributed by atoms with Crippen LogP contribution in [-0.4, -0.2) is 39.1 Å². The van der Waals surface area contributed by atoms with Gasteiger partial charge in [-0.25, -0.2) is 9.67 Å². The van der Waals surface area contributed by atoms with Gasteiger partial charge in [-0.1, -0.05) is 13.3 Å². The molecule has 1 rings (SSSR count). The smallest absolute Gasteiger partial charge is 0.140 e. The van der Waals surface area contributed by atoms with Gasteiger partial charge in [0.2, 0.25) is 0 Å². The van der Waals surface area contributed by atoms with Crippen molar-refractivity contribution < 1.29 is 0 Å². The molecule has 0 aliphatic carbocycles. The Morgan fingerprint density at radius 2 is 2.18 bits per heavy atom. The van der Waals surface area contributed by atoms with Gasteiger partial charge >= 0.3 is 0 Å². The molecule has 98 valence electrons. The van der Waals surface area contributed by atoms with E-state index < -0.39 is 0 Å². The summed E-state index contributed by atoms with van der Waals surface area (Å²) in [5.41, 5.74) is 0. The van der Waals surface area contributed by atoms with Crippen LogP contribution in [-0.2, 0) is 13.1 Å². The Morgan fingerprint density at radius 1 is 1.35 bits per heavy atom. The third-order valence-electron chi connectivity index (χ3n) is 2.72. The molecule has 0 amide bonds. The van der Waals surface area contributed by atoms with E-state index in [1.807, 2.05) is 4.68 Å². The van der Waals surface area contributed by atoms with Crippen LogP contribution in [0.4, 0.5) is 0 Å². The largest absolute Gasteiger partial charge is 0.299 e. The number of hydrogen-bond acceptors (Lipinski definition) is 3. The fourth-order valence-electron chi connectivity index (χ4n) is 1.78. The highest BCUT2D eigenvalue weighted by Crippen LogP contribution is 2.03. The van der Waals surface area contributed by atoms with Crippen LogP contribution >= 0.6 is 11.6 Å². The maximum atomic E-state index is 5.65. The highest BCUT2D eigenvalue weighted by Gasteiger charge is 2.06. The van der Waals surface area contributed by atoms with Crippen molar-refractivity contribution in [1.29, 1.82) is 0 Å². The van der Waals surface area contributed by atoms with E-state index in [9.17, 15) is 0 Å². The predicted molar refractivity (Wildman–Crippen MR) is 71.2 cm³/mol. The van der Waals surface area contributed by atoms with Crippen molar-refractivity contribution in [3.8, 4) is 0 Å². The Balaban J connectivity index is 2.29. The van der Waals surface area contributed by atoms with Crippen molar-refractivity contribution in [2.45, 2.75) is 45.7 Å². The minimum absolute atomic E-state index is 0.772. The van der Waals surface area contributed by atoms with Crippen molar-refractivity contribution in [1.82, 2.24) is 19.7 Å². The van der Waals surface area contributed by atoms with Gasteiger partial charge in [-0.15, -0.1) is 11.6 Å². The van der Waals surface area contributed by atoms with Gasteiger partial charge in [0.15, 0.2) is 0 Å². The van der Waals surface area contributed by atoms with Gasteiger partial charge in [0.05, 0.1) is 6.54 Å². The predicted octanol–water partition coefficient (Wildman–Crippen LogP) is 2.53. The van der Waals surface area contributed by atoms with Crippen LogP contribution in [0.2, 0.25) is 0 Å². The summed E-state index contributed by atoms with van der Waals surface area (Å²) in [6.07, 6.45) is 6.25. The second-order valence-corrected chi connectivity index (χ2v) is 4.76. The van der Waals surface area contributed by atoms with Crippen molar-refractivity contribution in [3.63, 3.8) is 0 Å². The average molecular weight is 259 g/mol. The molecule has 0 N–H and O–H groups in total. The molecular weight excluding hydrogens is 236 g/mol. The first-order valence-corrected chi connectivity index (χ1v) is 6.92. The summed E-state index contributed by atoms with van der Waals surface area (Å²) in [5.74, 6) is 1.83. The Hall–Kier alpha value is -0.610. The van der Waals surface area contributed by atoms with Gasteiger partial charge in [0.1, 0.15) is 12.2 Å². The van der Waals surface area contributed by atoms with Gasteiger partial charge in [0.25, 0.3) is 0 Å². The lowest BCUT2D eigenvalue weighted by Gasteiger charge is -2.16. The summed E-state index contributed by atoms with van der Waals surface area (Å²) in [6, 6.07) is 0. The summed E-state index contributed by atoms with van der Waals surface area (Å²) in [5, 5.41) is 4.23. The zero-order valence-corrected chi connectivity index (χ0v) is 11.7. The molecule has 0 aliphatic heterocycles. The summed E-state index contributed by atoms with van der Waals surface area (Å²) in [7, 11) is 2.13. The van der Waals surface area contributed by atoms with Crippen molar-refractivity contribution in [2.24, 2.45) is 0 Å². The lowest BCUT2D eigenvalue weighted by molar-refractivity contribution is 0.302. The van der Waals surface area contributed by atoms with Crippen LogP contribution in [0.1, 0.15) is 38.4 Å². The summed E-state index contributed by atoms with van der Waals surface area (Å²) < 4.78 is 2.00. The van der Waals surface area contributed by atoms with Crippen LogP contribution in [0.25, 0.3) is 0 Å². The number of halogens is 1. The molecule has 0 saturated heterocycles. The van der Waals surface area contributed by atoms with Crippen molar-refractivity contribution >= 4 is 11.6 Å². The highest BCUT2D eigenvalue weighted by atomic mass is 35.5. The molecule has 0 bridgehead atoms. The fourth-order valence-corrected chi connectivity index (χ4v) is 1.97. The molecule has 0 aromatic carbocycles. The molecule has 0 spiro atoms. The zero-order valence-electron chi connectivity index (χ0n) is 10.9. The quantitative estimate of drug-likeness (QED) is 0.504. The number of rotatable bonds is 9. The first-order chi connectivity index (χ1) is 8.27. The number of hydrogen-bond donors (Lipinski definition) is 0. The van der Waals surface area contributed by atoms with E-state index in [-0.39, 0.29) is 0 Å². The molecule has 17 heavy (non-hydrogen) atoms. The number of aryl methyl sites for hydroxylation is 1. The van der Waals surface area contributed by atoms with E-state index in [2.05, 4.69) is 29.0 Å². The molecule has 0 saturated carbocycles. The van der Waals surface area contributed by atoms with Crippen LogP contribution in [0.3, 0.4) is 0 Å². The third kappa shape index (κ3) is 5.50. The zero-order chi connectivity index (χ0) is 12.5. The molecule has 0 fully saturated rings. The maximum Gasteiger partial charge on any atom is 0.140 e. The Morgan fingerprint density at radius 3 is 2.88 bits per heavy atom. The lowest BCUT2D eigenvalue weighted by atomic mass is 10.2. The first kappa shape index (κ1) is 14.5. The summed E-state index contributed by atoms with van der Waals surface area (Å²) >= 11 is 5.65. The number of aromatic nitrogens is 3. The Kier molecular flexibility index (Phi) is 7.21. The van der Waals surface area contributed by atoms with Gasteiger partial charge in [-0.3, -0.25) is 4.90 Å². The molecule has 1 aromatic rings. The van der Waals surface area contributed by atoms with Crippen LogP contribution in [0.15, 0.2) is 6.33 Å². The Labute approximate surface area is 109 Å². The van der Waals surface area contributed by atoms with E-state index >= 15 is 0 Å². The third-order valence-corrected chi connectivity index (χ3v) is 2.98. The molecule has 5 heteroatoms. The van der Waals surface area contributed by atoms with E-state index in [0.29, 0.717) is 0 Å². The molecule has 1 aromatic heterocycles. The molecule has 4 nitrogen and oxygen atoms in total. The molecule has 0 unspecified atom stereocenters. The molecule has 1 heterocycles. The van der Waals surface area contributed by atoms with Crippen LogP contribution < -0.4 is 0 Å². The number of unbranched alkanes of at least 4 members (excludes halogenated alkanes) is 2. The van der Waals surface area contributed by atoms with Gasteiger partial charge in [-0.2, -0.15) is 5.10 Å². The van der Waals surface area contributed by atoms with Crippen molar-refractivity contribution in [2.75, 3.05) is 19.5 Å². The minimum Gasteiger partial charge on any atom is -0.299 e. The SMILES string of the molecule is CCCn1ncnc1CN(C)CCCCCCl. The van der Waals surface area contributed by atoms with Gasteiger partial charge in [-0.05, 0) is 32.9 Å². The van der Waals surface area contributed by atoms with Gasteiger partial charge < -0.3 is 0 Å². The van der Waals surface area contributed by atoms with Gasteiger partial charge in [0, 0.05) is 12.4 Å². The van der Waals surface area contributed by atoms with Crippen LogP contribution in [0, 0.1) is 0 Å². The second kappa shape index (κ2) is 8.48. The maximum absolute atomic E-state index is 5.65. The topological polar surface area (TPSA) is 34.0 Å². The number of nitrogens with zero attached hydrogens (tertiary/aromatic N) is 4. The molecule has 0 aliphatic rings. The highest BCUT2D eigenvalue weighted by molar-refractivity contribution is 6.17. The molecule has 0 atom stereocenters. The summed E-state index contributed by atoms with van der Waals surface area (Å²) in [6.45, 7) is 5.08. The average Bonchev–Trinajstić information content (AvgIpc) is 2.73. The van der Waals surface area contributed by atoms with Crippen molar-refractivity contribution in [3.05, 3.63) is 12.2 Å². The number of alkyl halides is 1. The van der Waals surface area contributed by atoms with E-state index in [1.165, 1.54) is 12.8 Å². The normalized spacial score (nSPS) is 11.3. The Bertz CT molecular complexity index is 300. The molecular formula is C12H23ClN4. The fraction of sp³-hybridized carbons (Fsp3) is 0.833. The van der Waals surface area contributed by atoms with E-state index in [1.54, 1.807) is 6.33 Å². The minimum atomic E-state index is 0.772. The van der Waals surface area contributed by atoms with E-state index in [0.717, 1.165) is 44.2 Å². The standard InChI is InChI=1S/C12H23ClN4/c1-3-8-17-12(14-11-15-17)10-16(2)9-6-4-5-7-13/h11H,3-10H2,1-2H3. The second-order valence-electron chi connectivity index (χ2n) is 4.39. The molecule has 0 radical (unpaired) electrons. The first-order valence-electron chi connectivity index (χ1n) is 6.39. The lowest BCUT2D eigenvalue weighted by Crippen LogP contribution is -2.22. The summed E-state index contributed by atoms with van der Waals surface area (Å²) in [4.78, 5) is 6.60. The monoisotopic (exact) mass is 258 g/mol. The van der Waals surface area contributed by atoms with Crippen LogP contribution in [0.5, 0.6) is 0 Å². The van der Waals surface area contributed by atoms with E-state index in [4.69, 9.17) is 11.6 Å².